The van der Waals surface area contributed by atoms with Crippen molar-refractivity contribution in [3.63, 3.8) is 0 Å². The molecule has 1 unspecified atom stereocenters. The zero-order valence-corrected chi connectivity index (χ0v) is 13.6. The second kappa shape index (κ2) is 8.32. The van der Waals surface area contributed by atoms with Crippen molar-refractivity contribution in [1.29, 1.82) is 0 Å². The first-order chi connectivity index (χ1) is 9.63. The van der Waals surface area contributed by atoms with Crippen LogP contribution in [0, 0.1) is 5.92 Å². The minimum Gasteiger partial charge on any atom is -0.379 e. The molecular weight excluding hydrogens is 250 g/mol. The summed E-state index contributed by atoms with van der Waals surface area (Å²) in [5, 5.41) is 3.83. The van der Waals surface area contributed by atoms with Crippen LogP contribution in [0.3, 0.4) is 0 Å². The lowest BCUT2D eigenvalue weighted by atomic mass is 10.0. The molecule has 0 aromatic carbocycles. The number of likely N-dealkylation sites (tertiary alicyclic amines) is 1. The highest BCUT2D eigenvalue weighted by atomic mass is 16.5. The lowest BCUT2D eigenvalue weighted by Gasteiger charge is -2.36. The predicted molar refractivity (Wildman–Crippen MR) is 84.2 cm³/mol. The normalized spacial score (nSPS) is 25.2. The summed E-state index contributed by atoms with van der Waals surface area (Å²) in [7, 11) is 0. The molecule has 2 fully saturated rings. The largest absolute Gasteiger partial charge is 0.379 e. The molecule has 0 radical (unpaired) electrons. The van der Waals surface area contributed by atoms with Crippen LogP contribution in [0.4, 0.5) is 0 Å². The van der Waals surface area contributed by atoms with Crippen LogP contribution in [0.15, 0.2) is 0 Å². The Morgan fingerprint density at radius 3 is 2.15 bits per heavy atom. The number of nitrogens with zero attached hydrogens (tertiary/aromatic N) is 2. The third kappa shape index (κ3) is 5.68. The molecule has 4 nitrogen and oxygen atoms in total. The maximum atomic E-state index is 5.41. The van der Waals surface area contributed by atoms with E-state index in [1.54, 1.807) is 0 Å². The number of morpholine rings is 1. The number of hydrogen-bond donors (Lipinski definition) is 1. The molecule has 2 aliphatic rings. The number of hydrogen-bond acceptors (Lipinski definition) is 4. The first-order valence-corrected chi connectivity index (χ1v) is 8.42. The Balaban J connectivity index is 1.61. The van der Waals surface area contributed by atoms with Gasteiger partial charge in [-0.15, -0.1) is 0 Å². The van der Waals surface area contributed by atoms with Crippen LogP contribution in [0.5, 0.6) is 0 Å². The third-order valence-electron chi connectivity index (χ3n) is 4.37. The Morgan fingerprint density at radius 2 is 1.55 bits per heavy atom. The molecule has 0 saturated carbocycles. The predicted octanol–water partition coefficient (Wildman–Crippen LogP) is 1.42. The molecular formula is C16H33N3O. The molecule has 2 saturated heterocycles. The molecule has 0 aromatic heterocycles. The summed E-state index contributed by atoms with van der Waals surface area (Å²) in [4.78, 5) is 5.14. The molecule has 1 N–H and O–H groups in total. The summed E-state index contributed by atoms with van der Waals surface area (Å²) in [5.41, 5.74) is 0. The highest BCUT2D eigenvalue weighted by Crippen LogP contribution is 2.13. The minimum atomic E-state index is 0.592. The molecule has 0 amide bonds. The van der Waals surface area contributed by atoms with Gasteiger partial charge in [-0.1, -0.05) is 13.8 Å². The van der Waals surface area contributed by atoms with Crippen LogP contribution in [-0.4, -0.2) is 74.4 Å². The van der Waals surface area contributed by atoms with E-state index in [0.29, 0.717) is 6.04 Å². The molecule has 2 heterocycles. The van der Waals surface area contributed by atoms with Gasteiger partial charge in [0.05, 0.1) is 13.2 Å². The number of rotatable bonds is 6. The van der Waals surface area contributed by atoms with Gasteiger partial charge in [-0.05, 0) is 38.8 Å². The van der Waals surface area contributed by atoms with Crippen molar-refractivity contribution >= 4 is 0 Å². The van der Waals surface area contributed by atoms with Crippen molar-refractivity contribution in [3.05, 3.63) is 0 Å². The lowest BCUT2D eigenvalue weighted by Crippen LogP contribution is -2.50. The Labute approximate surface area is 124 Å². The fourth-order valence-corrected chi connectivity index (χ4v) is 3.42. The van der Waals surface area contributed by atoms with E-state index in [1.807, 2.05) is 0 Å². The van der Waals surface area contributed by atoms with Crippen molar-refractivity contribution in [2.24, 2.45) is 5.92 Å². The van der Waals surface area contributed by atoms with E-state index in [4.69, 9.17) is 4.74 Å². The van der Waals surface area contributed by atoms with Crippen molar-refractivity contribution in [1.82, 2.24) is 15.1 Å². The van der Waals surface area contributed by atoms with Crippen LogP contribution in [-0.2, 0) is 4.74 Å². The first-order valence-electron chi connectivity index (χ1n) is 8.42. The standard InChI is InChI=1S/C16H33N3O/c1-14(2)12-18-6-4-16(5-7-18)17-15(3)13-19-8-10-20-11-9-19/h14-17H,4-13H2,1-3H3. The van der Waals surface area contributed by atoms with Crippen molar-refractivity contribution in [3.8, 4) is 0 Å². The Kier molecular flexibility index (Phi) is 6.75. The molecule has 1 atom stereocenters. The first kappa shape index (κ1) is 16.2. The SMILES string of the molecule is CC(C)CN1CCC(NC(C)CN2CCOCC2)CC1. The summed E-state index contributed by atoms with van der Waals surface area (Å²) in [6, 6.07) is 1.31. The van der Waals surface area contributed by atoms with E-state index in [-0.39, 0.29) is 0 Å². The summed E-state index contributed by atoms with van der Waals surface area (Å²) in [6.45, 7) is 15.9. The average molecular weight is 283 g/mol. The van der Waals surface area contributed by atoms with Gasteiger partial charge in [0.15, 0.2) is 0 Å². The summed E-state index contributed by atoms with van der Waals surface area (Å²) >= 11 is 0. The van der Waals surface area contributed by atoms with Crippen LogP contribution >= 0.6 is 0 Å². The number of piperidine rings is 1. The van der Waals surface area contributed by atoms with Crippen molar-refractivity contribution in [2.75, 3.05) is 52.5 Å². The molecule has 2 rings (SSSR count). The van der Waals surface area contributed by atoms with E-state index in [1.165, 1.54) is 32.5 Å². The van der Waals surface area contributed by atoms with Gasteiger partial charge in [0, 0.05) is 38.3 Å². The topological polar surface area (TPSA) is 27.7 Å². The smallest absolute Gasteiger partial charge is 0.0594 e. The van der Waals surface area contributed by atoms with Crippen molar-refractivity contribution < 1.29 is 4.74 Å². The van der Waals surface area contributed by atoms with Gasteiger partial charge in [-0.25, -0.2) is 0 Å². The highest BCUT2D eigenvalue weighted by molar-refractivity contribution is 4.81. The molecule has 2 aliphatic heterocycles. The molecule has 20 heavy (non-hydrogen) atoms. The van der Waals surface area contributed by atoms with Gasteiger partial charge in [-0.2, -0.15) is 0 Å². The second-order valence-electron chi connectivity index (χ2n) is 6.95. The summed E-state index contributed by atoms with van der Waals surface area (Å²) in [6.07, 6.45) is 2.61. The van der Waals surface area contributed by atoms with E-state index < -0.39 is 0 Å². The maximum Gasteiger partial charge on any atom is 0.0594 e. The van der Waals surface area contributed by atoms with E-state index in [0.717, 1.165) is 44.8 Å². The van der Waals surface area contributed by atoms with Gasteiger partial charge >= 0.3 is 0 Å². The van der Waals surface area contributed by atoms with E-state index >= 15 is 0 Å². The van der Waals surface area contributed by atoms with Gasteiger partial charge in [0.2, 0.25) is 0 Å². The Morgan fingerprint density at radius 1 is 0.950 bits per heavy atom. The quantitative estimate of drug-likeness (QED) is 0.798. The van der Waals surface area contributed by atoms with Crippen LogP contribution < -0.4 is 5.32 Å². The zero-order chi connectivity index (χ0) is 14.4. The van der Waals surface area contributed by atoms with Gasteiger partial charge in [0.25, 0.3) is 0 Å². The fraction of sp³-hybridized carbons (Fsp3) is 1.00. The molecule has 118 valence electrons. The van der Waals surface area contributed by atoms with Gasteiger partial charge in [0.1, 0.15) is 0 Å². The second-order valence-corrected chi connectivity index (χ2v) is 6.95. The van der Waals surface area contributed by atoms with E-state index in [2.05, 4.69) is 35.9 Å². The Bertz CT molecular complexity index is 258. The minimum absolute atomic E-state index is 0.592. The third-order valence-corrected chi connectivity index (χ3v) is 4.37. The molecule has 0 spiro atoms. The number of ether oxygens (including phenoxy) is 1. The number of nitrogens with one attached hydrogen (secondary N) is 1. The van der Waals surface area contributed by atoms with Crippen molar-refractivity contribution in [2.45, 2.75) is 45.7 Å². The summed E-state index contributed by atoms with van der Waals surface area (Å²) < 4.78 is 5.41. The van der Waals surface area contributed by atoms with Gasteiger partial charge < -0.3 is 15.0 Å². The monoisotopic (exact) mass is 283 g/mol. The average Bonchev–Trinajstić information content (AvgIpc) is 2.41. The fourth-order valence-electron chi connectivity index (χ4n) is 3.42. The van der Waals surface area contributed by atoms with Crippen LogP contribution in [0.2, 0.25) is 0 Å². The maximum absolute atomic E-state index is 5.41. The molecule has 0 bridgehead atoms. The van der Waals surface area contributed by atoms with E-state index in [9.17, 15) is 0 Å². The molecule has 0 aromatic rings. The van der Waals surface area contributed by atoms with Crippen LogP contribution in [0.25, 0.3) is 0 Å². The highest BCUT2D eigenvalue weighted by Gasteiger charge is 2.21. The molecule has 0 aliphatic carbocycles. The Hall–Kier alpha value is -0.160. The van der Waals surface area contributed by atoms with Gasteiger partial charge in [-0.3, -0.25) is 4.90 Å². The zero-order valence-electron chi connectivity index (χ0n) is 13.6. The lowest BCUT2D eigenvalue weighted by molar-refractivity contribution is 0.0332. The molecule has 4 heteroatoms. The van der Waals surface area contributed by atoms with Crippen LogP contribution in [0.1, 0.15) is 33.6 Å². The summed E-state index contributed by atoms with van der Waals surface area (Å²) in [5.74, 6) is 0.791.